The fourth-order valence-electron chi connectivity index (χ4n) is 3.92. The van der Waals surface area contributed by atoms with E-state index in [4.69, 9.17) is 16.2 Å². The summed E-state index contributed by atoms with van der Waals surface area (Å²) in [6.07, 6.45) is 3.66. The Morgan fingerprint density at radius 3 is 2.50 bits per heavy atom. The minimum absolute atomic E-state index is 0.344. The van der Waals surface area contributed by atoms with Crippen molar-refractivity contribution in [3.8, 4) is 0 Å². The van der Waals surface area contributed by atoms with Crippen molar-refractivity contribution in [1.82, 2.24) is 9.80 Å². The standard InChI is InChI=1S/C14H26N4O2/c15-13(19)14(16)3-1-11(9-14)18-4-2-12(10-18)17-5-7-20-8-6-17/h11-12H,1-10,16H2,(H2,15,19). The molecule has 0 radical (unpaired) electrons. The number of amides is 1. The van der Waals surface area contributed by atoms with Crippen LogP contribution in [0.4, 0.5) is 0 Å². The lowest BCUT2D eigenvalue weighted by molar-refractivity contribution is -0.123. The first-order valence-corrected chi connectivity index (χ1v) is 7.73. The van der Waals surface area contributed by atoms with Gasteiger partial charge in [0.2, 0.25) is 5.91 Å². The number of nitrogens with zero attached hydrogens (tertiary/aromatic N) is 2. The smallest absolute Gasteiger partial charge is 0.237 e. The number of likely N-dealkylation sites (tertiary alicyclic amines) is 1. The molecular weight excluding hydrogens is 256 g/mol. The topological polar surface area (TPSA) is 84.8 Å². The van der Waals surface area contributed by atoms with Gasteiger partial charge in [-0.3, -0.25) is 14.6 Å². The first-order chi connectivity index (χ1) is 9.58. The summed E-state index contributed by atoms with van der Waals surface area (Å²) >= 11 is 0. The monoisotopic (exact) mass is 282 g/mol. The van der Waals surface area contributed by atoms with Crippen molar-refractivity contribution in [2.45, 2.75) is 43.3 Å². The Balaban J connectivity index is 1.54. The predicted molar refractivity (Wildman–Crippen MR) is 76.1 cm³/mol. The molecule has 6 nitrogen and oxygen atoms in total. The number of hydrogen-bond donors (Lipinski definition) is 2. The molecule has 1 aliphatic carbocycles. The Labute approximate surface area is 120 Å². The Morgan fingerprint density at radius 2 is 1.85 bits per heavy atom. The van der Waals surface area contributed by atoms with Gasteiger partial charge in [-0.2, -0.15) is 0 Å². The van der Waals surface area contributed by atoms with Gasteiger partial charge < -0.3 is 16.2 Å². The molecule has 0 bridgehead atoms. The molecule has 3 aliphatic rings. The minimum atomic E-state index is -0.776. The molecule has 0 aromatic rings. The van der Waals surface area contributed by atoms with Crippen LogP contribution in [-0.4, -0.2) is 72.7 Å². The van der Waals surface area contributed by atoms with Crippen LogP contribution in [0.5, 0.6) is 0 Å². The Morgan fingerprint density at radius 1 is 1.10 bits per heavy atom. The first kappa shape index (κ1) is 14.3. The summed E-state index contributed by atoms with van der Waals surface area (Å²) in [5.41, 5.74) is 10.8. The van der Waals surface area contributed by atoms with E-state index in [0.29, 0.717) is 12.1 Å². The fraction of sp³-hybridized carbons (Fsp3) is 0.929. The van der Waals surface area contributed by atoms with Crippen molar-refractivity contribution in [3.05, 3.63) is 0 Å². The highest BCUT2D eigenvalue weighted by Crippen LogP contribution is 2.33. The first-order valence-electron chi connectivity index (χ1n) is 7.73. The molecule has 3 atom stereocenters. The lowest BCUT2D eigenvalue weighted by Crippen LogP contribution is -2.51. The van der Waals surface area contributed by atoms with Gasteiger partial charge >= 0.3 is 0 Å². The lowest BCUT2D eigenvalue weighted by atomic mass is 9.98. The SMILES string of the molecule is NC(=O)C1(N)CCC(N2CCC(N3CCOCC3)C2)C1. The molecule has 2 aliphatic heterocycles. The van der Waals surface area contributed by atoms with Crippen LogP contribution in [-0.2, 0) is 9.53 Å². The summed E-state index contributed by atoms with van der Waals surface area (Å²) in [4.78, 5) is 16.5. The summed E-state index contributed by atoms with van der Waals surface area (Å²) < 4.78 is 5.42. The summed E-state index contributed by atoms with van der Waals surface area (Å²) in [5, 5.41) is 0. The lowest BCUT2D eigenvalue weighted by Gasteiger charge is -2.33. The van der Waals surface area contributed by atoms with E-state index in [9.17, 15) is 4.79 Å². The van der Waals surface area contributed by atoms with Crippen molar-refractivity contribution in [2.75, 3.05) is 39.4 Å². The Bertz CT molecular complexity index is 372. The van der Waals surface area contributed by atoms with Crippen LogP contribution in [0.3, 0.4) is 0 Å². The van der Waals surface area contributed by atoms with Gasteiger partial charge in [-0.05, 0) is 25.7 Å². The summed E-state index contributed by atoms with van der Waals surface area (Å²) in [7, 11) is 0. The second-order valence-electron chi connectivity index (χ2n) is 6.50. The third kappa shape index (κ3) is 2.70. The summed E-state index contributed by atoms with van der Waals surface area (Å²) in [6.45, 7) is 6.01. The quantitative estimate of drug-likeness (QED) is 0.703. The molecule has 2 heterocycles. The summed E-state index contributed by atoms with van der Waals surface area (Å²) in [6, 6.07) is 1.07. The number of morpholine rings is 1. The number of rotatable bonds is 3. The van der Waals surface area contributed by atoms with E-state index in [2.05, 4.69) is 9.80 Å². The maximum atomic E-state index is 11.5. The van der Waals surface area contributed by atoms with Crippen LogP contribution in [0.15, 0.2) is 0 Å². The highest BCUT2D eigenvalue weighted by molar-refractivity contribution is 5.84. The van der Waals surface area contributed by atoms with Crippen LogP contribution in [0.2, 0.25) is 0 Å². The van der Waals surface area contributed by atoms with Crippen molar-refractivity contribution < 1.29 is 9.53 Å². The molecule has 0 spiro atoms. The van der Waals surface area contributed by atoms with Crippen LogP contribution in [0.25, 0.3) is 0 Å². The number of carbonyl (C=O) groups excluding carboxylic acids is 1. The Kier molecular flexibility index (Phi) is 3.99. The van der Waals surface area contributed by atoms with Gasteiger partial charge in [0.1, 0.15) is 0 Å². The van der Waals surface area contributed by atoms with E-state index in [1.54, 1.807) is 0 Å². The minimum Gasteiger partial charge on any atom is -0.379 e. The molecule has 2 saturated heterocycles. The van der Waals surface area contributed by atoms with Gasteiger partial charge in [-0.15, -0.1) is 0 Å². The zero-order chi connectivity index (χ0) is 14.2. The molecule has 3 fully saturated rings. The van der Waals surface area contributed by atoms with Gasteiger partial charge in [0.05, 0.1) is 18.8 Å². The Hall–Kier alpha value is -0.690. The van der Waals surface area contributed by atoms with Crippen LogP contribution in [0, 0.1) is 0 Å². The molecule has 0 aromatic heterocycles. The number of carbonyl (C=O) groups is 1. The van der Waals surface area contributed by atoms with Crippen molar-refractivity contribution in [1.29, 1.82) is 0 Å². The molecule has 1 amide bonds. The molecule has 114 valence electrons. The highest BCUT2D eigenvalue weighted by Gasteiger charge is 2.44. The highest BCUT2D eigenvalue weighted by atomic mass is 16.5. The number of ether oxygens (including phenoxy) is 1. The van der Waals surface area contributed by atoms with Gasteiger partial charge in [0.15, 0.2) is 0 Å². The van der Waals surface area contributed by atoms with Crippen LogP contribution >= 0.6 is 0 Å². The second kappa shape index (κ2) is 5.60. The predicted octanol–water partition coefficient (Wildman–Crippen LogP) is -0.872. The van der Waals surface area contributed by atoms with Gasteiger partial charge in [-0.25, -0.2) is 0 Å². The maximum absolute atomic E-state index is 11.5. The van der Waals surface area contributed by atoms with E-state index in [1.807, 2.05) is 0 Å². The molecule has 20 heavy (non-hydrogen) atoms. The zero-order valence-corrected chi connectivity index (χ0v) is 12.1. The number of nitrogens with two attached hydrogens (primary N) is 2. The van der Waals surface area contributed by atoms with Crippen LogP contribution < -0.4 is 11.5 Å². The molecule has 4 N–H and O–H groups in total. The van der Waals surface area contributed by atoms with Gasteiger partial charge in [-0.1, -0.05) is 0 Å². The largest absolute Gasteiger partial charge is 0.379 e. The molecule has 0 aromatic carbocycles. The van der Waals surface area contributed by atoms with Gasteiger partial charge in [0.25, 0.3) is 0 Å². The van der Waals surface area contributed by atoms with Crippen molar-refractivity contribution in [3.63, 3.8) is 0 Å². The average Bonchev–Trinajstić information content (AvgIpc) is 3.07. The van der Waals surface area contributed by atoms with Gasteiger partial charge in [0, 0.05) is 38.3 Å². The fourth-order valence-corrected chi connectivity index (χ4v) is 3.92. The third-order valence-electron chi connectivity index (χ3n) is 5.29. The molecule has 1 saturated carbocycles. The van der Waals surface area contributed by atoms with E-state index in [-0.39, 0.29) is 5.91 Å². The van der Waals surface area contributed by atoms with Crippen molar-refractivity contribution >= 4 is 5.91 Å². The van der Waals surface area contributed by atoms with Crippen molar-refractivity contribution in [2.24, 2.45) is 11.5 Å². The van der Waals surface area contributed by atoms with E-state index < -0.39 is 5.54 Å². The molecular formula is C14H26N4O2. The van der Waals surface area contributed by atoms with E-state index >= 15 is 0 Å². The molecule has 3 rings (SSSR count). The van der Waals surface area contributed by atoms with Crippen LogP contribution in [0.1, 0.15) is 25.7 Å². The van der Waals surface area contributed by atoms with E-state index in [1.165, 1.54) is 6.42 Å². The van der Waals surface area contributed by atoms with E-state index in [0.717, 1.165) is 58.7 Å². The normalized spacial score (nSPS) is 40.2. The maximum Gasteiger partial charge on any atom is 0.237 e. The summed E-state index contributed by atoms with van der Waals surface area (Å²) in [5.74, 6) is -0.344. The number of primary amides is 1. The average molecular weight is 282 g/mol. The number of hydrogen-bond acceptors (Lipinski definition) is 5. The third-order valence-corrected chi connectivity index (χ3v) is 5.29. The molecule has 6 heteroatoms. The molecule has 3 unspecified atom stereocenters. The zero-order valence-electron chi connectivity index (χ0n) is 12.1. The second-order valence-corrected chi connectivity index (χ2v) is 6.50.